The van der Waals surface area contributed by atoms with Crippen LogP contribution in [0.3, 0.4) is 0 Å². The Balaban J connectivity index is 1.56. The van der Waals surface area contributed by atoms with E-state index in [9.17, 15) is 5.11 Å². The monoisotopic (exact) mass is 387 g/mol. The maximum absolute atomic E-state index is 10.8. The van der Waals surface area contributed by atoms with E-state index in [4.69, 9.17) is 4.74 Å². The summed E-state index contributed by atoms with van der Waals surface area (Å²) in [6.45, 7) is 7.73. The van der Waals surface area contributed by atoms with Crippen molar-refractivity contribution in [3.8, 4) is 5.75 Å². The van der Waals surface area contributed by atoms with Gasteiger partial charge in [0.25, 0.3) is 0 Å². The van der Waals surface area contributed by atoms with Gasteiger partial charge in [-0.3, -0.25) is 4.90 Å². The summed E-state index contributed by atoms with van der Waals surface area (Å²) in [5, 5.41) is 10.8. The van der Waals surface area contributed by atoms with Crippen LogP contribution in [0, 0.1) is 6.92 Å². The molecular weight excluding hydrogens is 346 g/mol. The van der Waals surface area contributed by atoms with Crippen LogP contribution in [0.2, 0.25) is 0 Å². The zero-order chi connectivity index (χ0) is 19.9. The summed E-state index contributed by atoms with van der Waals surface area (Å²) in [7, 11) is 0. The summed E-state index contributed by atoms with van der Waals surface area (Å²) in [6.07, 6.45) is 13.0. The Bertz CT molecular complexity index is 570. The lowest BCUT2D eigenvalue weighted by Crippen LogP contribution is -2.49. The molecule has 3 nitrogen and oxygen atoms in total. The molecule has 3 heteroatoms. The third-order valence-corrected chi connectivity index (χ3v) is 6.81. The highest BCUT2D eigenvalue weighted by Crippen LogP contribution is 2.30. The summed E-state index contributed by atoms with van der Waals surface area (Å²) in [5.41, 5.74) is 2.64. The van der Waals surface area contributed by atoms with E-state index in [0.29, 0.717) is 24.6 Å². The molecule has 2 saturated carbocycles. The molecule has 2 fully saturated rings. The lowest BCUT2D eigenvalue weighted by atomic mass is 9.88. The third kappa shape index (κ3) is 5.97. The highest BCUT2D eigenvalue weighted by atomic mass is 16.5. The molecule has 1 atom stereocenters. The fraction of sp³-hybridized carbons (Fsp3) is 0.760. The van der Waals surface area contributed by atoms with Crippen molar-refractivity contribution in [3.05, 3.63) is 29.3 Å². The van der Waals surface area contributed by atoms with Crippen molar-refractivity contribution in [3.63, 3.8) is 0 Å². The largest absolute Gasteiger partial charge is 0.491 e. The van der Waals surface area contributed by atoms with Gasteiger partial charge in [0.05, 0.1) is 0 Å². The average molecular weight is 388 g/mol. The van der Waals surface area contributed by atoms with Gasteiger partial charge in [-0.15, -0.1) is 0 Å². The highest BCUT2D eigenvalue weighted by Gasteiger charge is 2.30. The summed E-state index contributed by atoms with van der Waals surface area (Å²) >= 11 is 0. The SMILES string of the molecule is Cc1cc(OCC(O)CN(C2CCCCC2)C2CCCCC2)ccc1C(C)C. The third-order valence-electron chi connectivity index (χ3n) is 6.81. The van der Waals surface area contributed by atoms with Crippen molar-refractivity contribution in [2.24, 2.45) is 0 Å². The van der Waals surface area contributed by atoms with Crippen molar-refractivity contribution >= 4 is 0 Å². The van der Waals surface area contributed by atoms with Crippen molar-refractivity contribution in [1.82, 2.24) is 4.90 Å². The molecule has 3 rings (SSSR count). The van der Waals surface area contributed by atoms with Crippen molar-refractivity contribution in [1.29, 1.82) is 0 Å². The van der Waals surface area contributed by atoms with Gasteiger partial charge in [0, 0.05) is 18.6 Å². The molecule has 0 radical (unpaired) electrons. The van der Waals surface area contributed by atoms with Crippen molar-refractivity contribution in [2.75, 3.05) is 13.2 Å². The van der Waals surface area contributed by atoms with E-state index in [-0.39, 0.29) is 0 Å². The maximum atomic E-state index is 10.8. The summed E-state index contributed by atoms with van der Waals surface area (Å²) in [4.78, 5) is 2.67. The number of benzene rings is 1. The second-order valence-corrected chi connectivity index (χ2v) is 9.42. The molecule has 0 saturated heterocycles. The Kier molecular flexibility index (Phi) is 8.23. The summed E-state index contributed by atoms with van der Waals surface area (Å²) < 4.78 is 5.98. The number of aliphatic hydroxyl groups is 1. The molecule has 2 aliphatic carbocycles. The fourth-order valence-corrected chi connectivity index (χ4v) is 5.30. The normalized spacial score (nSPS) is 20.6. The van der Waals surface area contributed by atoms with E-state index >= 15 is 0 Å². The van der Waals surface area contributed by atoms with Crippen LogP contribution in [0.25, 0.3) is 0 Å². The second-order valence-electron chi connectivity index (χ2n) is 9.42. The predicted octanol–water partition coefficient (Wildman–Crippen LogP) is 5.83. The molecular formula is C25H41NO2. The molecule has 0 aliphatic heterocycles. The number of aliphatic hydroxyl groups excluding tert-OH is 1. The molecule has 158 valence electrons. The van der Waals surface area contributed by atoms with Crippen LogP contribution in [0.15, 0.2) is 18.2 Å². The van der Waals surface area contributed by atoms with Crippen LogP contribution in [-0.4, -0.2) is 41.3 Å². The van der Waals surface area contributed by atoms with Crippen molar-refractivity contribution < 1.29 is 9.84 Å². The van der Waals surface area contributed by atoms with Gasteiger partial charge in [-0.25, -0.2) is 0 Å². The minimum Gasteiger partial charge on any atom is -0.491 e. The lowest BCUT2D eigenvalue weighted by molar-refractivity contribution is 0.0117. The van der Waals surface area contributed by atoms with Gasteiger partial charge in [0.1, 0.15) is 18.5 Å². The summed E-state index contributed by atoms with van der Waals surface area (Å²) in [6, 6.07) is 7.66. The number of hydrogen-bond donors (Lipinski definition) is 1. The number of hydrogen-bond acceptors (Lipinski definition) is 3. The summed E-state index contributed by atoms with van der Waals surface area (Å²) in [5.74, 6) is 1.40. The molecule has 2 aliphatic rings. The molecule has 0 aromatic heterocycles. The van der Waals surface area contributed by atoms with Crippen molar-refractivity contribution in [2.45, 2.75) is 109 Å². The van der Waals surface area contributed by atoms with E-state index in [1.807, 2.05) is 0 Å². The minimum absolute atomic E-state index is 0.385. The Morgan fingerprint density at radius 2 is 1.54 bits per heavy atom. The first-order valence-electron chi connectivity index (χ1n) is 11.7. The number of ether oxygens (including phenoxy) is 1. The van der Waals surface area contributed by atoms with Crippen LogP contribution >= 0.6 is 0 Å². The highest BCUT2D eigenvalue weighted by molar-refractivity contribution is 5.36. The molecule has 0 spiro atoms. The Hall–Kier alpha value is -1.06. The molecule has 0 heterocycles. The van der Waals surface area contributed by atoms with Gasteiger partial charge in [-0.05, 0) is 61.8 Å². The Labute approximate surface area is 172 Å². The van der Waals surface area contributed by atoms with Crippen LogP contribution in [0.4, 0.5) is 0 Å². The van der Waals surface area contributed by atoms with Crippen LogP contribution in [0.1, 0.15) is 95.1 Å². The van der Waals surface area contributed by atoms with E-state index in [1.165, 1.54) is 75.3 Å². The van der Waals surface area contributed by atoms with Gasteiger partial charge < -0.3 is 9.84 Å². The van der Waals surface area contributed by atoms with Gasteiger partial charge in [0.2, 0.25) is 0 Å². The van der Waals surface area contributed by atoms with Crippen LogP contribution in [0.5, 0.6) is 5.75 Å². The molecule has 1 aromatic rings. The number of nitrogens with zero attached hydrogens (tertiary/aromatic N) is 1. The first kappa shape index (κ1) is 21.6. The first-order valence-corrected chi connectivity index (χ1v) is 11.7. The number of rotatable bonds is 8. The second kappa shape index (κ2) is 10.6. The molecule has 1 unspecified atom stereocenters. The zero-order valence-electron chi connectivity index (χ0n) is 18.3. The predicted molar refractivity (Wildman–Crippen MR) is 117 cm³/mol. The molecule has 1 N–H and O–H groups in total. The van der Waals surface area contributed by atoms with E-state index in [1.54, 1.807) is 0 Å². The molecule has 28 heavy (non-hydrogen) atoms. The van der Waals surface area contributed by atoms with Crippen LogP contribution < -0.4 is 4.74 Å². The average Bonchev–Trinajstić information content (AvgIpc) is 2.71. The Morgan fingerprint density at radius 1 is 0.964 bits per heavy atom. The van der Waals surface area contributed by atoms with E-state index in [0.717, 1.165) is 12.3 Å². The quantitative estimate of drug-likeness (QED) is 0.609. The first-order chi connectivity index (χ1) is 13.5. The van der Waals surface area contributed by atoms with E-state index in [2.05, 4.69) is 43.9 Å². The lowest BCUT2D eigenvalue weighted by Gasteiger charge is -2.42. The molecule has 0 bridgehead atoms. The van der Waals surface area contributed by atoms with Gasteiger partial charge in [-0.1, -0.05) is 58.4 Å². The smallest absolute Gasteiger partial charge is 0.119 e. The standard InChI is InChI=1S/C25H41NO2/c1-19(2)25-15-14-24(16-20(25)3)28-18-23(27)17-26(21-10-6-4-7-11-21)22-12-8-5-9-13-22/h14-16,19,21-23,27H,4-13,17-18H2,1-3H3. The Morgan fingerprint density at radius 3 is 2.04 bits per heavy atom. The van der Waals surface area contributed by atoms with Gasteiger partial charge in [-0.2, -0.15) is 0 Å². The van der Waals surface area contributed by atoms with Gasteiger partial charge >= 0.3 is 0 Å². The topological polar surface area (TPSA) is 32.7 Å². The van der Waals surface area contributed by atoms with Crippen LogP contribution in [-0.2, 0) is 0 Å². The van der Waals surface area contributed by atoms with E-state index < -0.39 is 6.10 Å². The number of aryl methyl sites for hydroxylation is 1. The van der Waals surface area contributed by atoms with Gasteiger partial charge in [0.15, 0.2) is 0 Å². The molecule has 0 amide bonds. The minimum atomic E-state index is -0.422. The maximum Gasteiger partial charge on any atom is 0.119 e. The molecule has 1 aromatic carbocycles. The fourth-order valence-electron chi connectivity index (χ4n) is 5.30. The zero-order valence-corrected chi connectivity index (χ0v) is 18.3.